The number of benzene rings is 2. The molecule has 3 aromatic rings. The lowest BCUT2D eigenvalue weighted by Crippen LogP contribution is -2.08. The van der Waals surface area contributed by atoms with Crippen LogP contribution in [0.4, 0.5) is 5.69 Å². The van der Waals surface area contributed by atoms with Crippen molar-refractivity contribution in [3.8, 4) is 5.75 Å². The number of ether oxygens (including phenoxy) is 2. The molecule has 2 aromatic carbocycles. The highest BCUT2D eigenvalue weighted by atomic mass is 16.5. The number of fused-ring (bicyclic) bond motifs is 1. The number of aromatic nitrogens is 1. The fourth-order valence-electron chi connectivity index (χ4n) is 2.71. The second-order valence-corrected chi connectivity index (χ2v) is 6.62. The number of carbonyl (C=O) groups excluding carboxylic acids is 1. The van der Waals surface area contributed by atoms with E-state index in [2.05, 4.69) is 24.1 Å². The van der Waals surface area contributed by atoms with Gasteiger partial charge in [0, 0.05) is 23.8 Å². The Kier molecular flexibility index (Phi) is 9.49. The van der Waals surface area contributed by atoms with Gasteiger partial charge < -0.3 is 14.8 Å². The first kappa shape index (κ1) is 22.2. The molecule has 0 fully saturated rings. The molecule has 0 radical (unpaired) electrons. The summed E-state index contributed by atoms with van der Waals surface area (Å²) in [7, 11) is 1.40. The predicted molar refractivity (Wildman–Crippen MR) is 118 cm³/mol. The van der Waals surface area contributed by atoms with Crippen LogP contribution in [0.25, 0.3) is 10.9 Å². The van der Waals surface area contributed by atoms with E-state index in [0.29, 0.717) is 6.61 Å². The third-order valence-electron chi connectivity index (χ3n) is 4.01. The van der Waals surface area contributed by atoms with Gasteiger partial charge in [0.1, 0.15) is 11.3 Å². The van der Waals surface area contributed by atoms with Crippen molar-refractivity contribution >= 4 is 22.6 Å². The number of esters is 1. The number of carbonyl (C=O) groups is 1. The molecule has 0 saturated carbocycles. The van der Waals surface area contributed by atoms with Crippen molar-refractivity contribution in [2.75, 3.05) is 25.6 Å². The number of hydrogen-bond donors (Lipinski definition) is 1. The van der Waals surface area contributed by atoms with E-state index < -0.39 is 0 Å². The molecule has 1 aromatic heterocycles. The van der Waals surface area contributed by atoms with Crippen LogP contribution in [0.2, 0.25) is 0 Å². The predicted octanol–water partition coefficient (Wildman–Crippen LogP) is 5.25. The molecule has 0 bridgehead atoms. The van der Waals surface area contributed by atoms with Crippen LogP contribution >= 0.6 is 0 Å². The topological polar surface area (TPSA) is 60.5 Å². The fourth-order valence-corrected chi connectivity index (χ4v) is 2.71. The van der Waals surface area contributed by atoms with Crippen molar-refractivity contribution < 1.29 is 14.3 Å². The van der Waals surface area contributed by atoms with Crippen LogP contribution in [0, 0.1) is 0 Å². The minimum atomic E-state index is -0.237. The number of hydrogen-bond acceptors (Lipinski definition) is 5. The Hall–Kier alpha value is -3.08. The molecule has 154 valence electrons. The van der Waals surface area contributed by atoms with Crippen LogP contribution in [-0.2, 0) is 16.0 Å². The number of nitrogens with zero attached hydrogens (tertiary/aromatic N) is 1. The van der Waals surface area contributed by atoms with E-state index >= 15 is 0 Å². The average molecular weight is 395 g/mol. The minimum Gasteiger partial charge on any atom is -0.491 e. The third kappa shape index (κ3) is 7.45. The summed E-state index contributed by atoms with van der Waals surface area (Å²) >= 11 is 0. The summed E-state index contributed by atoms with van der Waals surface area (Å²) in [4.78, 5) is 15.7. The maximum Gasteiger partial charge on any atom is 0.309 e. The summed E-state index contributed by atoms with van der Waals surface area (Å²) in [5.74, 6) is 0.572. The Balaban J connectivity index is 0.000000941. The van der Waals surface area contributed by atoms with E-state index in [1.807, 2.05) is 54.6 Å². The normalized spacial score (nSPS) is 10.0. The molecule has 0 aliphatic rings. The van der Waals surface area contributed by atoms with Crippen LogP contribution in [0.15, 0.2) is 60.8 Å². The Morgan fingerprint density at radius 2 is 1.83 bits per heavy atom. The van der Waals surface area contributed by atoms with E-state index in [0.717, 1.165) is 40.9 Å². The van der Waals surface area contributed by atoms with E-state index in [-0.39, 0.29) is 12.4 Å². The Morgan fingerprint density at radius 1 is 1.07 bits per heavy atom. The molecule has 0 aliphatic heterocycles. The standard InChI is InChI=1S/C21H22N2O3.C3H8/c1-25-20(24)15-16-6-2-9-18(14-16)22-12-5-13-26-19-10-3-7-17-8-4-11-23-21(17)19;1-3-2/h2-4,6-11,14,22H,5,12-13,15H2,1H3;3H2,1-2H3. The Bertz CT molecular complexity index is 891. The number of pyridine rings is 1. The summed E-state index contributed by atoms with van der Waals surface area (Å²) in [6, 6.07) is 17.7. The van der Waals surface area contributed by atoms with Crippen molar-refractivity contribution in [1.82, 2.24) is 4.98 Å². The Labute approximate surface area is 173 Å². The number of nitrogens with one attached hydrogen (secondary N) is 1. The molecule has 0 saturated heterocycles. The summed E-state index contributed by atoms with van der Waals surface area (Å²) in [5, 5.41) is 4.43. The molecule has 0 aliphatic carbocycles. The van der Waals surface area contributed by atoms with E-state index in [4.69, 9.17) is 9.47 Å². The summed E-state index contributed by atoms with van der Waals surface area (Å²) < 4.78 is 10.6. The second-order valence-electron chi connectivity index (χ2n) is 6.62. The SMILES string of the molecule is CCC.COC(=O)Cc1cccc(NCCCOc2cccc3cccnc23)c1. The molecule has 5 heteroatoms. The average Bonchev–Trinajstić information content (AvgIpc) is 2.74. The van der Waals surface area contributed by atoms with Gasteiger partial charge in [-0.05, 0) is 36.2 Å². The summed E-state index contributed by atoms with van der Waals surface area (Å²) in [5.41, 5.74) is 2.80. The van der Waals surface area contributed by atoms with Crippen LogP contribution in [0.5, 0.6) is 5.75 Å². The number of anilines is 1. The van der Waals surface area contributed by atoms with Crippen molar-refractivity contribution in [1.29, 1.82) is 0 Å². The molecule has 0 unspecified atom stereocenters. The van der Waals surface area contributed by atoms with Gasteiger partial charge in [-0.1, -0.05) is 50.6 Å². The highest BCUT2D eigenvalue weighted by Crippen LogP contribution is 2.23. The molecular formula is C24H30N2O3. The molecular weight excluding hydrogens is 364 g/mol. The second kappa shape index (κ2) is 12.4. The van der Waals surface area contributed by atoms with Crippen molar-refractivity contribution in [3.05, 3.63) is 66.4 Å². The van der Waals surface area contributed by atoms with Gasteiger partial charge in [-0.25, -0.2) is 0 Å². The van der Waals surface area contributed by atoms with Gasteiger partial charge in [0.05, 0.1) is 20.1 Å². The van der Waals surface area contributed by atoms with Gasteiger partial charge in [0.2, 0.25) is 0 Å². The first-order chi connectivity index (χ1) is 14.2. The van der Waals surface area contributed by atoms with Crippen molar-refractivity contribution in [2.45, 2.75) is 33.1 Å². The summed E-state index contributed by atoms with van der Waals surface area (Å²) in [6.45, 7) is 5.63. The van der Waals surface area contributed by atoms with Gasteiger partial charge in [0.15, 0.2) is 0 Å². The molecule has 0 spiro atoms. The van der Waals surface area contributed by atoms with Gasteiger partial charge in [-0.15, -0.1) is 0 Å². The van der Waals surface area contributed by atoms with Crippen LogP contribution in [-0.4, -0.2) is 31.2 Å². The first-order valence-electron chi connectivity index (χ1n) is 10.0. The van der Waals surface area contributed by atoms with Crippen molar-refractivity contribution in [3.63, 3.8) is 0 Å². The van der Waals surface area contributed by atoms with Gasteiger partial charge in [-0.2, -0.15) is 0 Å². The molecule has 1 heterocycles. The third-order valence-corrected chi connectivity index (χ3v) is 4.01. The van der Waals surface area contributed by atoms with Crippen LogP contribution < -0.4 is 10.1 Å². The molecule has 0 atom stereocenters. The quantitative estimate of drug-likeness (QED) is 0.418. The molecule has 1 N–H and O–H groups in total. The van der Waals surface area contributed by atoms with Crippen LogP contribution in [0.1, 0.15) is 32.3 Å². The lowest BCUT2D eigenvalue weighted by atomic mass is 10.1. The van der Waals surface area contributed by atoms with Gasteiger partial charge in [-0.3, -0.25) is 9.78 Å². The van der Waals surface area contributed by atoms with E-state index in [1.165, 1.54) is 13.5 Å². The number of methoxy groups -OCH3 is 1. The van der Waals surface area contributed by atoms with E-state index in [9.17, 15) is 4.79 Å². The van der Waals surface area contributed by atoms with Gasteiger partial charge >= 0.3 is 5.97 Å². The lowest BCUT2D eigenvalue weighted by molar-refractivity contribution is -0.139. The number of rotatable bonds is 8. The molecule has 29 heavy (non-hydrogen) atoms. The number of para-hydroxylation sites is 1. The largest absolute Gasteiger partial charge is 0.491 e. The highest BCUT2D eigenvalue weighted by Gasteiger charge is 2.04. The van der Waals surface area contributed by atoms with Gasteiger partial charge in [0.25, 0.3) is 0 Å². The molecule has 3 rings (SSSR count). The zero-order chi connectivity index (χ0) is 20.9. The van der Waals surface area contributed by atoms with Crippen molar-refractivity contribution in [2.24, 2.45) is 0 Å². The minimum absolute atomic E-state index is 0.237. The summed E-state index contributed by atoms with van der Waals surface area (Å²) in [6.07, 6.45) is 4.16. The monoisotopic (exact) mass is 394 g/mol. The van der Waals surface area contributed by atoms with Crippen LogP contribution in [0.3, 0.4) is 0 Å². The highest BCUT2D eigenvalue weighted by molar-refractivity contribution is 5.84. The first-order valence-corrected chi connectivity index (χ1v) is 10.0. The maximum absolute atomic E-state index is 11.4. The molecule has 0 amide bonds. The van der Waals surface area contributed by atoms with E-state index in [1.54, 1.807) is 6.20 Å². The lowest BCUT2D eigenvalue weighted by Gasteiger charge is -2.10. The fraction of sp³-hybridized carbons (Fsp3) is 0.333. The molecule has 5 nitrogen and oxygen atoms in total. The zero-order valence-corrected chi connectivity index (χ0v) is 17.5. The zero-order valence-electron chi connectivity index (χ0n) is 17.5. The maximum atomic E-state index is 11.4. The smallest absolute Gasteiger partial charge is 0.309 e. The Morgan fingerprint density at radius 3 is 2.62 bits per heavy atom.